The fourth-order valence-corrected chi connectivity index (χ4v) is 5.62. The van der Waals surface area contributed by atoms with E-state index < -0.39 is 10.0 Å². The minimum atomic E-state index is -3.91. The molecule has 0 heterocycles. The van der Waals surface area contributed by atoms with Gasteiger partial charge in [0.05, 0.1) is 16.6 Å². The highest BCUT2D eigenvalue weighted by Crippen LogP contribution is 2.30. The number of rotatable bonds is 6. The Labute approximate surface area is 190 Å². The normalized spacial score (nSPS) is 15.6. The maximum Gasteiger partial charge on any atom is 0.264 e. The first kappa shape index (κ1) is 22.1. The van der Waals surface area contributed by atoms with Crippen LogP contribution in [0.4, 0.5) is 5.69 Å². The van der Waals surface area contributed by atoms with Gasteiger partial charge in [0.15, 0.2) is 0 Å². The van der Waals surface area contributed by atoms with Gasteiger partial charge >= 0.3 is 0 Å². The lowest BCUT2D eigenvalue weighted by molar-refractivity contribution is -0.120. The van der Waals surface area contributed by atoms with Gasteiger partial charge in [-0.25, -0.2) is 8.42 Å². The molecule has 1 N–H and O–H groups in total. The summed E-state index contributed by atoms with van der Waals surface area (Å²) in [6.45, 7) is 3.53. The molecule has 6 heteroatoms. The summed E-state index contributed by atoms with van der Waals surface area (Å²) in [7, 11) is -3.91. The highest BCUT2D eigenvalue weighted by molar-refractivity contribution is 7.92. The van der Waals surface area contributed by atoms with Gasteiger partial charge in [0, 0.05) is 0 Å². The average molecular weight is 449 g/mol. The summed E-state index contributed by atoms with van der Waals surface area (Å²) in [6, 6.07) is 21.9. The molecular weight excluding hydrogens is 420 g/mol. The van der Waals surface area contributed by atoms with Crippen LogP contribution in [-0.2, 0) is 21.2 Å². The smallest absolute Gasteiger partial charge is 0.264 e. The van der Waals surface area contributed by atoms with Crippen molar-refractivity contribution in [1.82, 2.24) is 5.32 Å². The number of hydrogen-bond acceptors (Lipinski definition) is 3. The number of sulfonamides is 1. The molecule has 0 aliphatic heterocycles. The molecule has 4 rings (SSSR count). The second-order valence-electron chi connectivity index (χ2n) is 8.37. The van der Waals surface area contributed by atoms with Gasteiger partial charge in [-0.05, 0) is 74.1 Å². The molecular formula is C26H28N2O3S. The summed E-state index contributed by atoms with van der Waals surface area (Å²) in [5.74, 6) is -0.316. The average Bonchev–Trinajstić information content (AvgIpc) is 2.78. The first-order valence-electron chi connectivity index (χ1n) is 10.9. The molecule has 1 aliphatic rings. The quantitative estimate of drug-likeness (QED) is 0.595. The van der Waals surface area contributed by atoms with Crippen LogP contribution in [0.15, 0.2) is 77.7 Å². The second-order valence-corrected chi connectivity index (χ2v) is 10.2. The third-order valence-corrected chi connectivity index (χ3v) is 7.68. The van der Waals surface area contributed by atoms with E-state index in [4.69, 9.17) is 0 Å². The van der Waals surface area contributed by atoms with Crippen molar-refractivity contribution < 1.29 is 13.2 Å². The van der Waals surface area contributed by atoms with Gasteiger partial charge < -0.3 is 5.32 Å². The standard InChI is InChI=1S/C26H28N2O3S/c1-19-13-15-23(16-14-19)32(30,31)28(22-10-5-7-20(2)17-22)18-26(29)27-25-12-6-9-21-8-3-4-11-24(21)25/h3-5,7-8,10-11,13-17,25H,6,9,12,18H2,1-2H3,(H,27,29). The second kappa shape index (κ2) is 9.17. The Morgan fingerprint density at radius 2 is 1.72 bits per heavy atom. The summed E-state index contributed by atoms with van der Waals surface area (Å²) < 4.78 is 28.3. The van der Waals surface area contributed by atoms with Crippen LogP contribution in [0.5, 0.6) is 0 Å². The van der Waals surface area contributed by atoms with Crippen LogP contribution in [0.2, 0.25) is 0 Å². The number of aryl methyl sites for hydroxylation is 3. The zero-order valence-corrected chi connectivity index (χ0v) is 19.2. The van der Waals surface area contributed by atoms with Crippen LogP contribution in [0, 0.1) is 13.8 Å². The molecule has 3 aromatic carbocycles. The summed E-state index contributed by atoms with van der Waals surface area (Å²) in [4.78, 5) is 13.3. The van der Waals surface area contributed by atoms with Crippen molar-refractivity contribution in [3.8, 4) is 0 Å². The summed E-state index contributed by atoms with van der Waals surface area (Å²) in [6.07, 6.45) is 2.84. The first-order chi connectivity index (χ1) is 15.3. The molecule has 1 unspecified atom stereocenters. The number of nitrogens with zero attached hydrogens (tertiary/aromatic N) is 1. The predicted molar refractivity (Wildman–Crippen MR) is 127 cm³/mol. The Balaban J connectivity index is 1.63. The van der Waals surface area contributed by atoms with E-state index in [0.717, 1.165) is 36.0 Å². The summed E-state index contributed by atoms with van der Waals surface area (Å²) in [5.41, 5.74) is 4.74. The van der Waals surface area contributed by atoms with Crippen LogP contribution < -0.4 is 9.62 Å². The van der Waals surface area contributed by atoms with Gasteiger partial charge in [-0.15, -0.1) is 0 Å². The maximum atomic E-state index is 13.5. The fraction of sp³-hybridized carbons (Fsp3) is 0.269. The Bertz CT molecular complexity index is 1220. The van der Waals surface area contributed by atoms with Crippen molar-refractivity contribution in [3.05, 3.63) is 95.1 Å². The van der Waals surface area contributed by atoms with E-state index in [1.807, 2.05) is 38.1 Å². The molecule has 0 aromatic heterocycles. The van der Waals surface area contributed by atoms with E-state index in [-0.39, 0.29) is 23.4 Å². The van der Waals surface area contributed by atoms with Crippen LogP contribution in [0.1, 0.15) is 41.1 Å². The Hall–Kier alpha value is -3.12. The number of hydrogen-bond donors (Lipinski definition) is 1. The Morgan fingerprint density at radius 1 is 0.969 bits per heavy atom. The number of carbonyl (C=O) groups is 1. The molecule has 1 aliphatic carbocycles. The predicted octanol–water partition coefficient (Wildman–Crippen LogP) is 4.69. The molecule has 3 aromatic rings. The van der Waals surface area contributed by atoms with Gasteiger partial charge in [0.1, 0.15) is 6.54 Å². The molecule has 1 amide bonds. The third-order valence-electron chi connectivity index (χ3n) is 5.89. The van der Waals surface area contributed by atoms with E-state index in [2.05, 4.69) is 11.4 Å². The van der Waals surface area contributed by atoms with Gasteiger partial charge in [-0.2, -0.15) is 0 Å². The van der Waals surface area contributed by atoms with E-state index in [0.29, 0.717) is 5.69 Å². The number of anilines is 1. The van der Waals surface area contributed by atoms with Crippen molar-refractivity contribution in [2.75, 3.05) is 10.8 Å². The highest BCUT2D eigenvalue weighted by Gasteiger charge is 2.29. The Morgan fingerprint density at radius 3 is 2.47 bits per heavy atom. The van der Waals surface area contributed by atoms with Crippen LogP contribution in [-0.4, -0.2) is 20.9 Å². The molecule has 0 bridgehead atoms. The lowest BCUT2D eigenvalue weighted by Gasteiger charge is -2.29. The molecule has 5 nitrogen and oxygen atoms in total. The van der Waals surface area contributed by atoms with Gasteiger partial charge in [-0.1, -0.05) is 54.1 Å². The molecule has 0 saturated heterocycles. The summed E-state index contributed by atoms with van der Waals surface area (Å²) >= 11 is 0. The van der Waals surface area contributed by atoms with E-state index >= 15 is 0 Å². The number of benzene rings is 3. The number of nitrogens with one attached hydrogen (secondary N) is 1. The zero-order valence-electron chi connectivity index (χ0n) is 18.4. The number of fused-ring (bicyclic) bond motifs is 1. The number of amides is 1. The van der Waals surface area contributed by atoms with Gasteiger partial charge in [-0.3, -0.25) is 9.10 Å². The van der Waals surface area contributed by atoms with Crippen LogP contribution in [0.25, 0.3) is 0 Å². The largest absolute Gasteiger partial charge is 0.348 e. The molecule has 166 valence electrons. The lowest BCUT2D eigenvalue weighted by Crippen LogP contribution is -2.42. The maximum absolute atomic E-state index is 13.5. The van der Waals surface area contributed by atoms with Crippen LogP contribution >= 0.6 is 0 Å². The molecule has 32 heavy (non-hydrogen) atoms. The molecule has 0 fully saturated rings. The van der Waals surface area contributed by atoms with Crippen molar-refractivity contribution in [3.63, 3.8) is 0 Å². The van der Waals surface area contributed by atoms with Crippen molar-refractivity contribution in [1.29, 1.82) is 0 Å². The molecule has 0 radical (unpaired) electrons. The number of carbonyl (C=O) groups excluding carboxylic acids is 1. The third kappa shape index (κ3) is 4.70. The molecule has 1 atom stereocenters. The minimum Gasteiger partial charge on any atom is -0.348 e. The van der Waals surface area contributed by atoms with Crippen molar-refractivity contribution in [2.45, 2.75) is 44.0 Å². The highest BCUT2D eigenvalue weighted by atomic mass is 32.2. The van der Waals surface area contributed by atoms with Gasteiger partial charge in [0.2, 0.25) is 5.91 Å². The topological polar surface area (TPSA) is 66.5 Å². The summed E-state index contributed by atoms with van der Waals surface area (Å²) in [5, 5.41) is 3.08. The van der Waals surface area contributed by atoms with Crippen LogP contribution in [0.3, 0.4) is 0 Å². The zero-order chi connectivity index (χ0) is 22.7. The van der Waals surface area contributed by atoms with E-state index in [9.17, 15) is 13.2 Å². The monoisotopic (exact) mass is 448 g/mol. The lowest BCUT2D eigenvalue weighted by atomic mass is 9.88. The first-order valence-corrected chi connectivity index (χ1v) is 12.3. The fourth-order valence-electron chi connectivity index (χ4n) is 4.21. The van der Waals surface area contributed by atoms with E-state index in [1.165, 1.54) is 9.87 Å². The molecule has 0 spiro atoms. The van der Waals surface area contributed by atoms with Gasteiger partial charge in [0.25, 0.3) is 10.0 Å². The van der Waals surface area contributed by atoms with E-state index in [1.54, 1.807) is 42.5 Å². The minimum absolute atomic E-state index is 0.103. The SMILES string of the molecule is Cc1ccc(S(=O)(=O)N(CC(=O)NC2CCCc3ccccc32)c2cccc(C)c2)cc1. The van der Waals surface area contributed by atoms with Crippen molar-refractivity contribution in [2.24, 2.45) is 0 Å². The Kier molecular flexibility index (Phi) is 6.33. The van der Waals surface area contributed by atoms with Crippen molar-refractivity contribution >= 4 is 21.6 Å². The molecule has 0 saturated carbocycles.